The second-order valence-corrected chi connectivity index (χ2v) is 5.12. The number of methoxy groups -OCH3 is 1. The Labute approximate surface area is 108 Å². The highest BCUT2D eigenvalue weighted by Gasteiger charge is 2.30. The molecule has 0 aromatic heterocycles. The maximum atomic E-state index is 12.4. The molecule has 1 amide bonds. The number of anilines is 1. The number of nitrogens with zero attached hydrogens (tertiary/aromatic N) is 1. The first-order valence-electron chi connectivity index (χ1n) is 6.25. The van der Waals surface area contributed by atoms with Gasteiger partial charge in [0.1, 0.15) is 5.75 Å². The van der Waals surface area contributed by atoms with Crippen LogP contribution in [0.2, 0.25) is 0 Å². The van der Waals surface area contributed by atoms with Crippen LogP contribution < -0.4 is 10.5 Å². The smallest absolute Gasteiger partial charge is 0.255 e. The fraction of sp³-hybridized carbons (Fsp3) is 0.500. The van der Waals surface area contributed by atoms with Gasteiger partial charge in [-0.05, 0) is 24.0 Å². The molecule has 0 radical (unpaired) electrons. The monoisotopic (exact) mass is 248 g/mol. The van der Waals surface area contributed by atoms with Crippen LogP contribution in [-0.4, -0.2) is 31.0 Å². The summed E-state index contributed by atoms with van der Waals surface area (Å²) >= 11 is 0. The van der Waals surface area contributed by atoms with E-state index in [-0.39, 0.29) is 5.91 Å². The van der Waals surface area contributed by atoms with Gasteiger partial charge >= 0.3 is 0 Å². The van der Waals surface area contributed by atoms with Gasteiger partial charge in [-0.2, -0.15) is 0 Å². The van der Waals surface area contributed by atoms with Gasteiger partial charge in [-0.25, -0.2) is 0 Å². The average Bonchev–Trinajstić information content (AvgIpc) is 2.68. The van der Waals surface area contributed by atoms with Gasteiger partial charge in [0.05, 0.1) is 12.7 Å². The number of nitrogens with two attached hydrogens (primary N) is 1. The van der Waals surface area contributed by atoms with E-state index in [0.717, 1.165) is 13.1 Å². The van der Waals surface area contributed by atoms with Crippen LogP contribution in [-0.2, 0) is 0 Å². The van der Waals surface area contributed by atoms with Gasteiger partial charge in [-0.1, -0.05) is 13.8 Å². The Morgan fingerprint density at radius 3 is 2.44 bits per heavy atom. The summed E-state index contributed by atoms with van der Waals surface area (Å²) in [6, 6.07) is 5.20. The van der Waals surface area contributed by atoms with E-state index < -0.39 is 0 Å². The summed E-state index contributed by atoms with van der Waals surface area (Å²) in [4.78, 5) is 14.2. The van der Waals surface area contributed by atoms with Gasteiger partial charge in [-0.3, -0.25) is 4.79 Å². The molecule has 4 nitrogen and oxygen atoms in total. The number of amides is 1. The molecular weight excluding hydrogens is 228 g/mol. The summed E-state index contributed by atoms with van der Waals surface area (Å²) in [7, 11) is 1.58. The van der Waals surface area contributed by atoms with Crippen LogP contribution in [0, 0.1) is 11.8 Å². The minimum Gasteiger partial charge on any atom is -0.497 e. The molecule has 2 atom stereocenters. The molecule has 0 aliphatic carbocycles. The molecule has 18 heavy (non-hydrogen) atoms. The fourth-order valence-corrected chi connectivity index (χ4v) is 2.33. The van der Waals surface area contributed by atoms with Crippen molar-refractivity contribution in [2.75, 3.05) is 25.9 Å². The summed E-state index contributed by atoms with van der Waals surface area (Å²) in [5, 5.41) is 0. The minimum absolute atomic E-state index is 0.0198. The van der Waals surface area contributed by atoms with E-state index in [1.165, 1.54) is 0 Å². The van der Waals surface area contributed by atoms with E-state index in [0.29, 0.717) is 28.8 Å². The van der Waals surface area contributed by atoms with Crippen LogP contribution >= 0.6 is 0 Å². The molecule has 98 valence electrons. The summed E-state index contributed by atoms with van der Waals surface area (Å²) < 4.78 is 5.08. The number of carbonyl (C=O) groups excluding carboxylic acids is 1. The maximum absolute atomic E-state index is 12.4. The molecule has 1 saturated heterocycles. The number of benzene rings is 1. The summed E-state index contributed by atoms with van der Waals surface area (Å²) in [5.74, 6) is 1.79. The average molecular weight is 248 g/mol. The molecule has 1 aliphatic heterocycles. The molecule has 1 aromatic carbocycles. The largest absolute Gasteiger partial charge is 0.497 e. The number of hydrogen-bond donors (Lipinski definition) is 1. The first-order valence-corrected chi connectivity index (χ1v) is 6.25. The van der Waals surface area contributed by atoms with E-state index >= 15 is 0 Å². The predicted molar refractivity (Wildman–Crippen MR) is 71.6 cm³/mol. The van der Waals surface area contributed by atoms with Crippen LogP contribution in [0.5, 0.6) is 5.75 Å². The molecule has 2 unspecified atom stereocenters. The van der Waals surface area contributed by atoms with E-state index in [9.17, 15) is 4.79 Å². The number of likely N-dealkylation sites (tertiary alicyclic amines) is 1. The standard InChI is InChI=1S/C14H20N2O2/c1-9-7-16(8-10(9)2)14(17)12-5-4-11(18-3)6-13(12)15/h4-6,9-10H,7-8,15H2,1-3H3. The number of rotatable bonds is 2. The molecule has 1 aromatic rings. The fourth-order valence-electron chi connectivity index (χ4n) is 2.33. The molecule has 1 aliphatic rings. The Bertz CT molecular complexity index is 449. The topological polar surface area (TPSA) is 55.6 Å². The zero-order valence-electron chi connectivity index (χ0n) is 11.1. The molecule has 0 spiro atoms. The van der Waals surface area contributed by atoms with Gasteiger partial charge in [0, 0.05) is 24.8 Å². The lowest BCUT2D eigenvalue weighted by Crippen LogP contribution is -2.29. The molecule has 0 saturated carbocycles. The first-order chi connectivity index (χ1) is 8.52. The van der Waals surface area contributed by atoms with Crippen LogP contribution in [0.1, 0.15) is 24.2 Å². The minimum atomic E-state index is 0.0198. The van der Waals surface area contributed by atoms with E-state index in [4.69, 9.17) is 10.5 Å². The number of ether oxygens (including phenoxy) is 1. The number of hydrogen-bond acceptors (Lipinski definition) is 3. The molecule has 2 rings (SSSR count). The van der Waals surface area contributed by atoms with Crippen molar-refractivity contribution < 1.29 is 9.53 Å². The third-order valence-corrected chi connectivity index (χ3v) is 3.76. The lowest BCUT2D eigenvalue weighted by atomic mass is 10.0. The Morgan fingerprint density at radius 2 is 1.94 bits per heavy atom. The summed E-state index contributed by atoms with van der Waals surface area (Å²) in [6.45, 7) is 5.97. The van der Waals surface area contributed by atoms with Crippen molar-refractivity contribution in [3.63, 3.8) is 0 Å². The zero-order chi connectivity index (χ0) is 13.3. The Hall–Kier alpha value is -1.71. The van der Waals surface area contributed by atoms with Crippen LogP contribution in [0.4, 0.5) is 5.69 Å². The Morgan fingerprint density at radius 1 is 1.33 bits per heavy atom. The van der Waals surface area contributed by atoms with Crippen LogP contribution in [0.25, 0.3) is 0 Å². The van der Waals surface area contributed by atoms with Crippen LogP contribution in [0.15, 0.2) is 18.2 Å². The summed E-state index contributed by atoms with van der Waals surface area (Å²) in [6.07, 6.45) is 0. The molecule has 1 fully saturated rings. The predicted octanol–water partition coefficient (Wildman–Crippen LogP) is 2.01. The molecule has 1 heterocycles. The Kier molecular flexibility index (Phi) is 3.45. The summed E-state index contributed by atoms with van der Waals surface area (Å²) in [5.41, 5.74) is 6.95. The van der Waals surface area contributed by atoms with Crippen molar-refractivity contribution in [3.8, 4) is 5.75 Å². The first kappa shape index (κ1) is 12.7. The molecule has 0 bridgehead atoms. The van der Waals surface area contributed by atoms with E-state index in [1.54, 1.807) is 25.3 Å². The normalized spacial score (nSPS) is 23.2. The van der Waals surface area contributed by atoms with Crippen molar-refractivity contribution in [1.82, 2.24) is 4.90 Å². The van der Waals surface area contributed by atoms with Crippen molar-refractivity contribution in [3.05, 3.63) is 23.8 Å². The third-order valence-electron chi connectivity index (χ3n) is 3.76. The van der Waals surface area contributed by atoms with Gasteiger partial charge in [0.15, 0.2) is 0 Å². The van der Waals surface area contributed by atoms with E-state index in [1.807, 2.05) is 4.90 Å². The van der Waals surface area contributed by atoms with Crippen molar-refractivity contribution in [1.29, 1.82) is 0 Å². The lowest BCUT2D eigenvalue weighted by molar-refractivity contribution is 0.0786. The molecule has 4 heteroatoms. The van der Waals surface area contributed by atoms with Gasteiger partial charge < -0.3 is 15.4 Å². The Balaban J connectivity index is 2.19. The van der Waals surface area contributed by atoms with Crippen molar-refractivity contribution in [2.45, 2.75) is 13.8 Å². The van der Waals surface area contributed by atoms with Gasteiger partial charge in [0.25, 0.3) is 5.91 Å². The SMILES string of the molecule is COc1ccc(C(=O)N2CC(C)C(C)C2)c(N)c1. The third kappa shape index (κ3) is 2.28. The van der Waals surface area contributed by atoms with E-state index in [2.05, 4.69) is 13.8 Å². The second-order valence-electron chi connectivity index (χ2n) is 5.12. The number of nitrogen functional groups attached to an aromatic ring is 1. The van der Waals surface area contributed by atoms with Crippen molar-refractivity contribution >= 4 is 11.6 Å². The molecular formula is C14H20N2O2. The van der Waals surface area contributed by atoms with Crippen molar-refractivity contribution in [2.24, 2.45) is 11.8 Å². The van der Waals surface area contributed by atoms with Crippen LogP contribution in [0.3, 0.4) is 0 Å². The van der Waals surface area contributed by atoms with Gasteiger partial charge in [-0.15, -0.1) is 0 Å². The quantitative estimate of drug-likeness (QED) is 0.814. The highest BCUT2D eigenvalue weighted by molar-refractivity contribution is 5.99. The zero-order valence-corrected chi connectivity index (χ0v) is 11.1. The lowest BCUT2D eigenvalue weighted by Gasteiger charge is -2.17. The maximum Gasteiger partial charge on any atom is 0.255 e. The number of carbonyl (C=O) groups is 1. The second kappa shape index (κ2) is 4.88. The van der Waals surface area contributed by atoms with Gasteiger partial charge in [0.2, 0.25) is 0 Å². The highest BCUT2D eigenvalue weighted by atomic mass is 16.5. The molecule has 2 N–H and O–H groups in total. The highest BCUT2D eigenvalue weighted by Crippen LogP contribution is 2.26.